The van der Waals surface area contributed by atoms with Crippen LogP contribution >= 0.6 is 0 Å². The largest absolute Gasteiger partial charge is 0.399 e. The number of piperidine rings is 3. The van der Waals surface area contributed by atoms with Gasteiger partial charge in [-0.1, -0.05) is 0 Å². The van der Waals surface area contributed by atoms with Crippen molar-refractivity contribution in [3.05, 3.63) is 23.8 Å². The second-order valence-corrected chi connectivity index (χ2v) is 5.52. The van der Waals surface area contributed by atoms with Crippen LogP contribution in [0.5, 0.6) is 0 Å². The number of nitrogens with zero attached hydrogens (tertiary/aromatic N) is 1. The Morgan fingerprint density at radius 1 is 1.24 bits per heavy atom. The Morgan fingerprint density at radius 3 is 2.59 bits per heavy atom. The second-order valence-electron chi connectivity index (χ2n) is 5.52. The number of nitrogen functional groups attached to an aromatic ring is 1. The Kier molecular flexibility index (Phi) is 2.71. The number of benzene rings is 1. The molecule has 1 aromatic rings. The third-order valence-electron chi connectivity index (χ3n) is 4.11. The first-order valence-corrected chi connectivity index (χ1v) is 6.57. The number of aryl methyl sites for hydroxylation is 1. The van der Waals surface area contributed by atoms with Crippen LogP contribution < -0.4 is 11.1 Å². The standard InChI is InChI=1S/C14H21N3/c1-10-6-12(15)8-13(7-10)16-14-9-17-4-2-11(14)3-5-17/h6-8,11,14,16H,2-5,9,15H2,1H3. The summed E-state index contributed by atoms with van der Waals surface area (Å²) < 4.78 is 0. The Hall–Kier alpha value is -1.22. The molecule has 3 heteroatoms. The van der Waals surface area contributed by atoms with Gasteiger partial charge in [-0.3, -0.25) is 0 Å². The SMILES string of the molecule is Cc1cc(N)cc(NC2CN3CCC2CC3)c1. The van der Waals surface area contributed by atoms with Crippen LogP contribution in [0.2, 0.25) is 0 Å². The zero-order chi connectivity index (χ0) is 11.8. The molecule has 3 aliphatic heterocycles. The molecule has 3 saturated heterocycles. The molecular weight excluding hydrogens is 210 g/mol. The molecule has 0 saturated carbocycles. The molecule has 0 amide bonds. The van der Waals surface area contributed by atoms with Gasteiger partial charge in [-0.25, -0.2) is 0 Å². The first kappa shape index (κ1) is 10.9. The molecule has 3 fully saturated rings. The third kappa shape index (κ3) is 2.25. The van der Waals surface area contributed by atoms with E-state index in [1.807, 2.05) is 12.1 Å². The summed E-state index contributed by atoms with van der Waals surface area (Å²) >= 11 is 0. The topological polar surface area (TPSA) is 41.3 Å². The van der Waals surface area contributed by atoms with Gasteiger partial charge in [0.1, 0.15) is 0 Å². The molecule has 1 atom stereocenters. The van der Waals surface area contributed by atoms with Crippen molar-refractivity contribution in [2.75, 3.05) is 30.7 Å². The number of nitrogens with two attached hydrogens (primary N) is 1. The van der Waals surface area contributed by atoms with Gasteiger partial charge in [0, 0.05) is 24.0 Å². The molecule has 0 aliphatic carbocycles. The highest BCUT2D eigenvalue weighted by molar-refractivity contribution is 5.57. The molecule has 0 spiro atoms. The minimum Gasteiger partial charge on any atom is -0.399 e. The Morgan fingerprint density at radius 2 is 2.00 bits per heavy atom. The molecule has 2 bridgehead atoms. The minimum atomic E-state index is 0.610. The van der Waals surface area contributed by atoms with Crippen LogP contribution in [0.15, 0.2) is 18.2 Å². The fourth-order valence-corrected chi connectivity index (χ4v) is 3.24. The lowest BCUT2D eigenvalue weighted by molar-refractivity contribution is 0.0975. The van der Waals surface area contributed by atoms with E-state index in [9.17, 15) is 0 Å². The molecule has 17 heavy (non-hydrogen) atoms. The van der Waals surface area contributed by atoms with Gasteiger partial charge in [-0.15, -0.1) is 0 Å². The zero-order valence-electron chi connectivity index (χ0n) is 10.4. The van der Waals surface area contributed by atoms with E-state index in [2.05, 4.69) is 23.2 Å². The molecule has 1 aromatic carbocycles. The highest BCUT2D eigenvalue weighted by atomic mass is 15.2. The lowest BCUT2D eigenvalue weighted by Crippen LogP contribution is -2.53. The van der Waals surface area contributed by atoms with E-state index in [0.29, 0.717) is 6.04 Å². The Bertz CT molecular complexity index is 388. The van der Waals surface area contributed by atoms with Gasteiger partial charge >= 0.3 is 0 Å². The highest BCUT2D eigenvalue weighted by Gasteiger charge is 2.33. The molecule has 3 N–H and O–H groups in total. The van der Waals surface area contributed by atoms with Gasteiger partial charge in [-0.05, 0) is 62.5 Å². The van der Waals surface area contributed by atoms with E-state index in [-0.39, 0.29) is 0 Å². The molecule has 4 rings (SSSR count). The van der Waals surface area contributed by atoms with Gasteiger partial charge in [0.05, 0.1) is 0 Å². The number of rotatable bonds is 2. The van der Waals surface area contributed by atoms with Crippen LogP contribution in [0.4, 0.5) is 11.4 Å². The summed E-state index contributed by atoms with van der Waals surface area (Å²) in [6, 6.07) is 6.86. The maximum atomic E-state index is 5.89. The average molecular weight is 231 g/mol. The van der Waals surface area contributed by atoms with Crippen LogP contribution in [-0.2, 0) is 0 Å². The van der Waals surface area contributed by atoms with Crippen LogP contribution in [0.1, 0.15) is 18.4 Å². The number of nitrogens with one attached hydrogen (secondary N) is 1. The Labute approximate surface area is 103 Å². The van der Waals surface area contributed by atoms with E-state index in [0.717, 1.165) is 11.6 Å². The van der Waals surface area contributed by atoms with Crippen LogP contribution in [0.25, 0.3) is 0 Å². The predicted molar refractivity (Wildman–Crippen MR) is 72.2 cm³/mol. The summed E-state index contributed by atoms with van der Waals surface area (Å²) in [5, 5.41) is 3.67. The van der Waals surface area contributed by atoms with Crippen molar-refractivity contribution in [1.29, 1.82) is 0 Å². The molecule has 3 aliphatic rings. The van der Waals surface area contributed by atoms with Crippen LogP contribution in [0.3, 0.4) is 0 Å². The van der Waals surface area contributed by atoms with Gasteiger partial charge < -0.3 is 16.0 Å². The van der Waals surface area contributed by atoms with E-state index in [1.165, 1.54) is 43.7 Å². The van der Waals surface area contributed by atoms with Crippen molar-refractivity contribution in [1.82, 2.24) is 4.90 Å². The second kappa shape index (κ2) is 4.22. The maximum Gasteiger partial charge on any atom is 0.0417 e. The van der Waals surface area contributed by atoms with Gasteiger partial charge in [0.2, 0.25) is 0 Å². The summed E-state index contributed by atoms with van der Waals surface area (Å²) in [7, 11) is 0. The molecule has 0 radical (unpaired) electrons. The summed E-state index contributed by atoms with van der Waals surface area (Å²) in [4.78, 5) is 2.57. The number of hydrogen-bond donors (Lipinski definition) is 2. The normalized spacial score (nSPS) is 31.5. The van der Waals surface area contributed by atoms with Gasteiger partial charge in [0.15, 0.2) is 0 Å². The van der Waals surface area contributed by atoms with Crippen molar-refractivity contribution < 1.29 is 0 Å². The minimum absolute atomic E-state index is 0.610. The van der Waals surface area contributed by atoms with E-state index in [4.69, 9.17) is 5.73 Å². The smallest absolute Gasteiger partial charge is 0.0417 e. The first-order valence-electron chi connectivity index (χ1n) is 6.57. The average Bonchev–Trinajstić information content (AvgIpc) is 2.29. The molecule has 0 aromatic heterocycles. The predicted octanol–water partition coefficient (Wildman–Crippen LogP) is 2.08. The highest BCUT2D eigenvalue weighted by Crippen LogP contribution is 2.30. The first-order chi connectivity index (χ1) is 8.20. The summed E-state index contributed by atoms with van der Waals surface area (Å²) in [6.45, 7) is 5.87. The van der Waals surface area contributed by atoms with Crippen molar-refractivity contribution >= 4 is 11.4 Å². The van der Waals surface area contributed by atoms with E-state index >= 15 is 0 Å². The monoisotopic (exact) mass is 231 g/mol. The van der Waals surface area contributed by atoms with Crippen molar-refractivity contribution in [2.45, 2.75) is 25.8 Å². The lowest BCUT2D eigenvalue weighted by Gasteiger charge is -2.45. The van der Waals surface area contributed by atoms with Gasteiger partial charge in [-0.2, -0.15) is 0 Å². The Balaban J connectivity index is 1.74. The fraction of sp³-hybridized carbons (Fsp3) is 0.571. The van der Waals surface area contributed by atoms with E-state index < -0.39 is 0 Å². The molecule has 1 unspecified atom stereocenters. The lowest BCUT2D eigenvalue weighted by atomic mass is 9.84. The van der Waals surface area contributed by atoms with Crippen LogP contribution in [-0.4, -0.2) is 30.6 Å². The quantitative estimate of drug-likeness (QED) is 0.766. The van der Waals surface area contributed by atoms with Crippen molar-refractivity contribution in [3.8, 4) is 0 Å². The fourth-order valence-electron chi connectivity index (χ4n) is 3.24. The number of hydrogen-bond acceptors (Lipinski definition) is 3. The molecular formula is C14H21N3. The molecule has 3 nitrogen and oxygen atoms in total. The van der Waals surface area contributed by atoms with Gasteiger partial charge in [0.25, 0.3) is 0 Å². The molecule has 3 heterocycles. The number of fused-ring (bicyclic) bond motifs is 3. The maximum absolute atomic E-state index is 5.89. The summed E-state index contributed by atoms with van der Waals surface area (Å²) in [5.74, 6) is 0.849. The van der Waals surface area contributed by atoms with Crippen molar-refractivity contribution in [2.24, 2.45) is 5.92 Å². The van der Waals surface area contributed by atoms with Crippen LogP contribution in [0, 0.1) is 12.8 Å². The molecule has 92 valence electrons. The van der Waals surface area contributed by atoms with Crippen molar-refractivity contribution in [3.63, 3.8) is 0 Å². The zero-order valence-corrected chi connectivity index (χ0v) is 10.4. The number of anilines is 2. The van der Waals surface area contributed by atoms with E-state index in [1.54, 1.807) is 0 Å². The summed E-state index contributed by atoms with van der Waals surface area (Å²) in [6.07, 6.45) is 2.69. The third-order valence-corrected chi connectivity index (χ3v) is 4.11. The summed E-state index contributed by atoms with van der Waals surface area (Å²) in [5.41, 5.74) is 9.16.